The normalized spacial score (nSPS) is 11.1. The van der Waals surface area contributed by atoms with Crippen molar-refractivity contribution < 1.29 is 19.7 Å². The zero-order valence-electron chi connectivity index (χ0n) is 23.7. The van der Waals surface area contributed by atoms with E-state index < -0.39 is 0 Å². The molecule has 0 amide bonds. The first kappa shape index (κ1) is 35.9. The van der Waals surface area contributed by atoms with E-state index >= 15 is 0 Å². The second-order valence-corrected chi connectivity index (χ2v) is 7.19. The number of nitrogens with zero attached hydrogens (tertiary/aromatic N) is 2. The highest BCUT2D eigenvalue weighted by Crippen LogP contribution is 2.20. The molecular formula is C29H45N3O4S. The van der Waals surface area contributed by atoms with E-state index in [0.717, 1.165) is 5.35 Å². The van der Waals surface area contributed by atoms with Crippen molar-refractivity contribution in [3.63, 3.8) is 0 Å². The molecule has 1 unspecified atom stereocenters. The molecule has 0 aliphatic rings. The highest BCUT2D eigenvalue weighted by molar-refractivity contribution is 7.79. The maximum absolute atomic E-state index is 9.34. The number of H-pyrrole nitrogens is 1. The Balaban J connectivity index is 0. The predicted molar refractivity (Wildman–Crippen MR) is 161 cm³/mol. The number of hydrogen-bond acceptors (Lipinski definition) is 6. The van der Waals surface area contributed by atoms with Crippen LogP contribution in [-0.2, 0) is 4.79 Å². The third kappa shape index (κ3) is 13.6. The van der Waals surface area contributed by atoms with Gasteiger partial charge in [0.05, 0.1) is 17.3 Å². The number of aliphatic hydroxyl groups excluding tert-OH is 1. The average molecular weight is 532 g/mol. The summed E-state index contributed by atoms with van der Waals surface area (Å²) in [5, 5.41) is 17.7. The minimum absolute atomic E-state index is 0.0818. The van der Waals surface area contributed by atoms with Gasteiger partial charge in [0.25, 0.3) is 12.5 Å². The van der Waals surface area contributed by atoms with Crippen LogP contribution in [0.25, 0.3) is 12.2 Å². The number of carboxylic acid groups (broad SMARTS) is 1. The zero-order chi connectivity index (χ0) is 28.8. The zero-order valence-corrected chi connectivity index (χ0v) is 24.6. The molecule has 1 heterocycles. The summed E-state index contributed by atoms with van der Waals surface area (Å²) in [4.78, 5) is 18.1. The van der Waals surface area contributed by atoms with E-state index in [9.17, 15) is 5.11 Å². The molecule has 7 nitrogen and oxygen atoms in total. The molecule has 1 atom stereocenters. The second kappa shape index (κ2) is 22.0. The number of aryl methyl sites for hydroxylation is 1. The van der Waals surface area contributed by atoms with Gasteiger partial charge >= 0.3 is 0 Å². The van der Waals surface area contributed by atoms with Crippen LogP contribution < -0.4 is 20.3 Å². The first-order valence-corrected chi connectivity index (χ1v) is 13.2. The van der Waals surface area contributed by atoms with Crippen LogP contribution in [0.2, 0.25) is 0 Å². The summed E-state index contributed by atoms with van der Waals surface area (Å²) in [7, 11) is 4.06. The number of aromatic nitrogens is 2. The van der Waals surface area contributed by atoms with Gasteiger partial charge in [0.1, 0.15) is 5.75 Å². The first-order chi connectivity index (χ1) is 17.9. The van der Waals surface area contributed by atoms with Gasteiger partial charge in [0.15, 0.2) is 0 Å². The fourth-order valence-corrected chi connectivity index (χ4v) is 2.93. The summed E-state index contributed by atoms with van der Waals surface area (Å²) in [5.41, 5.74) is 3.54. The van der Waals surface area contributed by atoms with E-state index in [-0.39, 0.29) is 19.0 Å². The minimum Gasteiger partial charge on any atom is -0.483 e. The maximum atomic E-state index is 9.34. The molecule has 0 aliphatic carbocycles. The molecule has 0 spiro atoms. The average Bonchev–Trinajstić information content (AvgIpc) is 3.30. The molecule has 206 valence electrons. The number of nitrogens with one attached hydrogen (secondary N) is 1. The van der Waals surface area contributed by atoms with Crippen LogP contribution in [0.5, 0.6) is 11.8 Å². The maximum Gasteiger partial charge on any atom is 0.300 e. The Labute approximate surface area is 228 Å². The van der Waals surface area contributed by atoms with Crippen molar-refractivity contribution in [1.82, 2.24) is 9.97 Å². The van der Waals surface area contributed by atoms with Crippen LogP contribution in [0.1, 0.15) is 51.7 Å². The molecule has 3 aromatic rings. The standard InChI is InChI=1S/C23H27N3O2.2C2H6.CH2O2.CH4S/c1-16-5-11-20(12-6-16)28-23-24-21(13-14-27)22(25-23)15-17(2)18-7-9-19(10-8-18)26(3)4;2*1-2;2-1-3;1-2/h5-13,15,17,27H,14H2,1-4H3,(H,24,25);2*1-2H3;1H,(H,2,3);2H,1H3/b21-13+,22-15+;;;;. The summed E-state index contributed by atoms with van der Waals surface area (Å²) < 4.78 is 5.84. The van der Waals surface area contributed by atoms with E-state index in [1.165, 1.54) is 16.8 Å². The number of aromatic amines is 1. The number of carbonyl (C=O) groups is 1. The Morgan fingerprint density at radius 3 is 2.00 bits per heavy atom. The number of rotatable bonds is 6. The van der Waals surface area contributed by atoms with Gasteiger partial charge in [-0.05, 0) is 49.1 Å². The number of anilines is 1. The molecule has 37 heavy (non-hydrogen) atoms. The highest BCUT2D eigenvalue weighted by atomic mass is 32.1. The molecular weight excluding hydrogens is 486 g/mol. The van der Waals surface area contributed by atoms with Gasteiger partial charge in [0, 0.05) is 25.7 Å². The molecule has 0 radical (unpaired) electrons. The molecule has 8 heteroatoms. The summed E-state index contributed by atoms with van der Waals surface area (Å²) in [6, 6.07) is 16.7. The van der Waals surface area contributed by atoms with Crippen LogP contribution >= 0.6 is 12.6 Å². The van der Waals surface area contributed by atoms with Gasteiger partial charge in [-0.3, -0.25) is 4.79 Å². The Hall–Kier alpha value is -3.23. The predicted octanol–water partition coefficient (Wildman–Crippen LogP) is 5.23. The smallest absolute Gasteiger partial charge is 0.300 e. The molecule has 3 N–H and O–H groups in total. The van der Waals surface area contributed by atoms with Crippen molar-refractivity contribution in [3.05, 3.63) is 70.4 Å². The highest BCUT2D eigenvalue weighted by Gasteiger charge is 2.06. The van der Waals surface area contributed by atoms with Crippen molar-refractivity contribution in [2.24, 2.45) is 0 Å². The van der Waals surface area contributed by atoms with Crippen molar-refractivity contribution in [2.75, 3.05) is 31.9 Å². The van der Waals surface area contributed by atoms with Crippen molar-refractivity contribution in [1.29, 1.82) is 0 Å². The fourth-order valence-electron chi connectivity index (χ4n) is 2.93. The molecule has 0 saturated heterocycles. The monoisotopic (exact) mass is 531 g/mol. The Morgan fingerprint density at radius 2 is 1.54 bits per heavy atom. The number of hydrogen-bond donors (Lipinski definition) is 4. The molecule has 0 saturated carbocycles. The van der Waals surface area contributed by atoms with Gasteiger partial charge < -0.3 is 24.8 Å². The van der Waals surface area contributed by atoms with E-state index in [0.29, 0.717) is 17.1 Å². The Morgan fingerprint density at radius 1 is 1.03 bits per heavy atom. The number of ether oxygens (including phenoxy) is 1. The number of imidazole rings is 1. The molecule has 0 bridgehead atoms. The Bertz CT molecular complexity index is 1080. The van der Waals surface area contributed by atoms with E-state index in [2.05, 4.69) is 64.8 Å². The quantitative estimate of drug-likeness (QED) is 0.257. The van der Waals surface area contributed by atoms with Gasteiger partial charge in [-0.25, -0.2) is 0 Å². The summed E-state index contributed by atoms with van der Waals surface area (Å²) in [6.07, 6.45) is 5.47. The van der Waals surface area contributed by atoms with Gasteiger partial charge in [-0.1, -0.05) is 70.5 Å². The molecule has 0 fully saturated rings. The van der Waals surface area contributed by atoms with Crippen LogP contribution in [0.3, 0.4) is 0 Å². The minimum atomic E-state index is -0.250. The SMILES string of the molecule is CC.CC.CS.Cc1ccc(Oc2nc(=C/CO)/c(=C\C(C)c3ccc(N(C)C)cc3)[nH]2)cc1.O=CO. The number of benzene rings is 2. The van der Waals surface area contributed by atoms with Crippen LogP contribution in [0.4, 0.5) is 5.69 Å². The molecule has 0 aliphatic heterocycles. The van der Waals surface area contributed by atoms with Gasteiger partial charge in [-0.2, -0.15) is 17.6 Å². The third-order valence-electron chi connectivity index (χ3n) is 4.61. The van der Waals surface area contributed by atoms with E-state index in [4.69, 9.17) is 14.6 Å². The number of thiol groups is 1. The van der Waals surface area contributed by atoms with Crippen molar-refractivity contribution in [3.8, 4) is 11.8 Å². The molecule has 2 aromatic carbocycles. The lowest BCUT2D eigenvalue weighted by Crippen LogP contribution is -2.25. The summed E-state index contributed by atoms with van der Waals surface area (Å²) in [5.74, 6) is 0.892. The summed E-state index contributed by atoms with van der Waals surface area (Å²) in [6.45, 7) is 11.8. The Kier molecular flexibility index (Phi) is 21.4. The third-order valence-corrected chi connectivity index (χ3v) is 4.61. The lowest BCUT2D eigenvalue weighted by Gasteiger charge is -2.14. The van der Waals surface area contributed by atoms with Gasteiger partial charge in [-0.15, -0.1) is 0 Å². The fraction of sp³-hybridized carbons (Fsp3) is 0.379. The first-order valence-electron chi connectivity index (χ1n) is 12.3. The van der Waals surface area contributed by atoms with Gasteiger partial charge in [0.2, 0.25) is 0 Å². The largest absolute Gasteiger partial charge is 0.483 e. The van der Waals surface area contributed by atoms with Crippen molar-refractivity contribution in [2.45, 2.75) is 47.5 Å². The lowest BCUT2D eigenvalue weighted by molar-refractivity contribution is -0.122. The van der Waals surface area contributed by atoms with E-state index in [1.54, 1.807) is 12.3 Å². The second-order valence-electron chi connectivity index (χ2n) is 7.19. The summed E-state index contributed by atoms with van der Waals surface area (Å²) >= 11 is 3.53. The van der Waals surface area contributed by atoms with Crippen molar-refractivity contribution >= 4 is 36.9 Å². The van der Waals surface area contributed by atoms with Crippen LogP contribution in [0.15, 0.2) is 48.5 Å². The topological polar surface area (TPSA) is 98.7 Å². The lowest BCUT2D eigenvalue weighted by atomic mass is 10.0. The molecule has 3 rings (SSSR count). The number of aliphatic hydroxyl groups is 1. The molecule has 1 aromatic heterocycles. The van der Waals surface area contributed by atoms with Crippen LogP contribution in [-0.4, -0.2) is 53.6 Å². The van der Waals surface area contributed by atoms with E-state index in [1.807, 2.05) is 73.0 Å². The van der Waals surface area contributed by atoms with Crippen LogP contribution in [0, 0.1) is 6.92 Å².